The van der Waals surface area contributed by atoms with Crippen LogP contribution in [-0.4, -0.2) is 69.9 Å². The van der Waals surface area contributed by atoms with Gasteiger partial charge in [0.15, 0.2) is 5.12 Å². The lowest BCUT2D eigenvalue weighted by molar-refractivity contribution is -0.133. The maximum absolute atomic E-state index is 12.9. The van der Waals surface area contributed by atoms with Gasteiger partial charge < -0.3 is 9.80 Å². The largest absolute Gasteiger partial charge is 0.342 e. The number of thioether (sulfide) groups is 2. The van der Waals surface area contributed by atoms with E-state index in [0.717, 1.165) is 50.5 Å². The van der Waals surface area contributed by atoms with Gasteiger partial charge in [-0.05, 0) is 43.1 Å². The summed E-state index contributed by atoms with van der Waals surface area (Å²) in [5.74, 6) is 0.603. The van der Waals surface area contributed by atoms with Crippen molar-refractivity contribution in [3.05, 3.63) is 23.9 Å². The molecule has 0 saturated carbocycles. The number of carbonyl (C=O) groups is 3. The number of amides is 2. The van der Waals surface area contributed by atoms with Crippen LogP contribution < -0.4 is 0 Å². The van der Waals surface area contributed by atoms with Crippen LogP contribution >= 0.6 is 23.5 Å². The molecule has 0 unspecified atom stereocenters. The summed E-state index contributed by atoms with van der Waals surface area (Å²) in [6.45, 7) is 6.43. The molecular formula is C21H29N3O3S2. The van der Waals surface area contributed by atoms with Gasteiger partial charge in [-0.25, -0.2) is 4.98 Å². The second-order valence-corrected chi connectivity index (χ2v) is 10.1. The molecule has 1 spiro atoms. The highest BCUT2D eigenvalue weighted by Crippen LogP contribution is 2.41. The van der Waals surface area contributed by atoms with E-state index in [-0.39, 0.29) is 28.3 Å². The Bertz CT molecular complexity index is 778. The van der Waals surface area contributed by atoms with Gasteiger partial charge in [-0.1, -0.05) is 18.7 Å². The molecule has 1 aromatic heterocycles. The Kier molecular flexibility index (Phi) is 7.27. The third-order valence-corrected chi connectivity index (χ3v) is 7.80. The number of nitrogens with zero attached hydrogens (tertiary/aromatic N) is 3. The maximum Gasteiger partial charge on any atom is 0.256 e. The van der Waals surface area contributed by atoms with Crippen molar-refractivity contribution in [2.75, 3.05) is 38.2 Å². The van der Waals surface area contributed by atoms with Gasteiger partial charge >= 0.3 is 0 Å². The van der Waals surface area contributed by atoms with E-state index in [4.69, 9.17) is 0 Å². The van der Waals surface area contributed by atoms with Crippen LogP contribution in [-0.2, 0) is 9.59 Å². The van der Waals surface area contributed by atoms with Gasteiger partial charge in [-0.15, -0.1) is 11.8 Å². The second kappa shape index (κ2) is 9.51. The fraction of sp³-hybridized carbons (Fsp3) is 0.619. The number of hydrogen-bond donors (Lipinski definition) is 0. The van der Waals surface area contributed by atoms with Crippen LogP contribution in [0.25, 0.3) is 0 Å². The van der Waals surface area contributed by atoms with Crippen LogP contribution in [0.4, 0.5) is 0 Å². The zero-order valence-electron chi connectivity index (χ0n) is 17.3. The van der Waals surface area contributed by atoms with E-state index in [2.05, 4.69) is 4.98 Å². The van der Waals surface area contributed by atoms with Crippen LogP contribution in [0.1, 0.15) is 43.5 Å². The van der Waals surface area contributed by atoms with Crippen molar-refractivity contribution < 1.29 is 14.4 Å². The minimum absolute atomic E-state index is 0.0535. The van der Waals surface area contributed by atoms with Gasteiger partial charge in [0, 0.05) is 51.0 Å². The highest BCUT2D eigenvalue weighted by atomic mass is 32.2. The molecule has 8 heteroatoms. The van der Waals surface area contributed by atoms with Gasteiger partial charge in [0.25, 0.3) is 5.91 Å². The number of hydrogen-bond acceptors (Lipinski definition) is 6. The van der Waals surface area contributed by atoms with Crippen LogP contribution in [0, 0.1) is 11.3 Å². The summed E-state index contributed by atoms with van der Waals surface area (Å²) < 4.78 is 0. The van der Waals surface area contributed by atoms with Crippen LogP contribution in [0.2, 0.25) is 0 Å². The van der Waals surface area contributed by atoms with Crippen molar-refractivity contribution in [3.63, 3.8) is 0 Å². The van der Waals surface area contributed by atoms with E-state index in [1.165, 1.54) is 30.4 Å². The van der Waals surface area contributed by atoms with Gasteiger partial charge in [0.1, 0.15) is 5.03 Å². The Morgan fingerprint density at radius 2 is 1.83 bits per heavy atom. The molecular weight excluding hydrogens is 406 g/mol. The molecule has 0 bridgehead atoms. The molecule has 0 N–H and O–H groups in total. The van der Waals surface area contributed by atoms with Crippen molar-refractivity contribution in [1.82, 2.24) is 14.8 Å². The molecule has 29 heavy (non-hydrogen) atoms. The predicted molar refractivity (Wildman–Crippen MR) is 117 cm³/mol. The van der Waals surface area contributed by atoms with Crippen molar-refractivity contribution >= 4 is 40.5 Å². The number of likely N-dealkylation sites (tertiary alicyclic amines) is 2. The Morgan fingerprint density at radius 1 is 1.17 bits per heavy atom. The number of rotatable bonds is 5. The number of aromatic nitrogens is 1. The Hall–Kier alpha value is -1.54. The van der Waals surface area contributed by atoms with Gasteiger partial charge in [-0.3, -0.25) is 14.4 Å². The topological polar surface area (TPSA) is 70.6 Å². The number of piperidine rings is 1. The number of pyridine rings is 1. The van der Waals surface area contributed by atoms with E-state index >= 15 is 0 Å². The highest BCUT2D eigenvalue weighted by Gasteiger charge is 2.43. The molecule has 3 rings (SSSR count). The normalized spacial score (nSPS) is 19.4. The zero-order chi connectivity index (χ0) is 21.0. The van der Waals surface area contributed by atoms with E-state index < -0.39 is 0 Å². The summed E-state index contributed by atoms with van der Waals surface area (Å²) in [5.41, 5.74) is 0.799. The molecule has 3 heterocycles. The monoisotopic (exact) mass is 435 g/mol. The van der Waals surface area contributed by atoms with Gasteiger partial charge in [0.2, 0.25) is 5.91 Å². The SMILES string of the molecule is CSc1ncccc1C(=O)N1CCC2(CC1)CCN(C(=O)[C@H](C)CSC(C)=O)C2. The standard InChI is InChI=1S/C21H29N3O3S2/c1-15(13-29-16(2)25)19(26)24-12-8-21(14-24)6-10-23(11-7-21)20(27)17-5-4-9-22-18(17)28-3/h4-5,9,15H,6-8,10-14H2,1-3H3/t15-/m1/s1. The van der Waals surface area contributed by atoms with Crippen LogP contribution in [0.5, 0.6) is 0 Å². The lowest BCUT2D eigenvalue weighted by Crippen LogP contribution is -2.45. The van der Waals surface area contributed by atoms with E-state index in [9.17, 15) is 14.4 Å². The lowest BCUT2D eigenvalue weighted by atomic mass is 9.77. The van der Waals surface area contributed by atoms with Crippen LogP contribution in [0.3, 0.4) is 0 Å². The summed E-state index contributed by atoms with van der Waals surface area (Å²) in [7, 11) is 0. The van der Waals surface area contributed by atoms with E-state index in [1.54, 1.807) is 6.20 Å². The average Bonchev–Trinajstić information content (AvgIpc) is 3.14. The molecule has 0 radical (unpaired) electrons. The first-order valence-electron chi connectivity index (χ1n) is 10.1. The fourth-order valence-corrected chi connectivity index (χ4v) is 5.40. The molecule has 1 atom stereocenters. The zero-order valence-corrected chi connectivity index (χ0v) is 19.0. The van der Waals surface area contributed by atoms with Crippen molar-refractivity contribution in [3.8, 4) is 0 Å². The molecule has 0 aliphatic carbocycles. The minimum Gasteiger partial charge on any atom is -0.342 e. The molecule has 2 saturated heterocycles. The summed E-state index contributed by atoms with van der Waals surface area (Å²) in [6.07, 6.45) is 6.50. The first-order chi connectivity index (χ1) is 13.8. The Balaban J connectivity index is 1.56. The lowest BCUT2D eigenvalue weighted by Gasteiger charge is -2.39. The van der Waals surface area contributed by atoms with Crippen molar-refractivity contribution in [1.29, 1.82) is 0 Å². The molecule has 158 valence electrons. The molecule has 2 aliphatic rings. The summed E-state index contributed by atoms with van der Waals surface area (Å²) in [4.78, 5) is 45.1. The quantitative estimate of drug-likeness (QED) is 0.662. The third-order valence-electron chi connectivity index (χ3n) is 6.01. The average molecular weight is 436 g/mol. The van der Waals surface area contributed by atoms with Gasteiger partial charge in [-0.2, -0.15) is 0 Å². The third kappa shape index (κ3) is 5.15. The summed E-state index contributed by atoms with van der Waals surface area (Å²) in [5, 5.41) is 0.825. The summed E-state index contributed by atoms with van der Waals surface area (Å²) >= 11 is 2.71. The van der Waals surface area contributed by atoms with Crippen molar-refractivity contribution in [2.24, 2.45) is 11.3 Å². The first-order valence-corrected chi connectivity index (χ1v) is 12.3. The molecule has 6 nitrogen and oxygen atoms in total. The molecule has 0 aromatic carbocycles. The van der Waals surface area contributed by atoms with Crippen LogP contribution in [0.15, 0.2) is 23.4 Å². The van der Waals surface area contributed by atoms with E-state index in [1.807, 2.05) is 35.1 Å². The van der Waals surface area contributed by atoms with Gasteiger partial charge in [0.05, 0.1) is 5.56 Å². The maximum atomic E-state index is 12.9. The molecule has 2 aliphatic heterocycles. The fourth-order valence-electron chi connectivity index (χ4n) is 4.23. The molecule has 2 fully saturated rings. The summed E-state index contributed by atoms with van der Waals surface area (Å²) in [6, 6.07) is 3.66. The molecule has 2 amide bonds. The minimum atomic E-state index is -0.142. The second-order valence-electron chi connectivity index (χ2n) is 8.07. The smallest absolute Gasteiger partial charge is 0.256 e. The van der Waals surface area contributed by atoms with E-state index in [0.29, 0.717) is 11.3 Å². The Morgan fingerprint density at radius 3 is 2.45 bits per heavy atom. The molecule has 1 aromatic rings. The van der Waals surface area contributed by atoms with Crippen molar-refractivity contribution in [2.45, 2.75) is 38.1 Å². The predicted octanol–water partition coefficient (Wildman–Crippen LogP) is 3.17. The number of carbonyl (C=O) groups excluding carboxylic acids is 3. The first kappa shape index (κ1) is 22.2. The highest BCUT2D eigenvalue weighted by molar-refractivity contribution is 8.13. The Labute approximate surface area is 181 Å².